The molecule has 5 nitrogen and oxygen atoms in total. The van der Waals surface area contributed by atoms with Crippen LogP contribution in [0.2, 0.25) is 0 Å². The van der Waals surface area contributed by atoms with Gasteiger partial charge in [-0.25, -0.2) is 4.98 Å². The van der Waals surface area contributed by atoms with Crippen molar-refractivity contribution in [3.05, 3.63) is 30.1 Å². The molecule has 0 aliphatic heterocycles. The highest BCUT2D eigenvalue weighted by molar-refractivity contribution is 5.55. The fraction of sp³-hybridized carbons (Fsp3) is 0.462. The lowest BCUT2D eigenvalue weighted by atomic mass is 10.1. The van der Waals surface area contributed by atoms with Crippen LogP contribution in [0, 0.1) is 0 Å². The van der Waals surface area contributed by atoms with Gasteiger partial charge in [-0.15, -0.1) is 0 Å². The van der Waals surface area contributed by atoms with E-state index < -0.39 is 5.60 Å². The predicted octanol–water partition coefficient (Wildman–Crippen LogP) is 1.00. The number of likely N-dealkylation sites (N-methyl/N-ethyl adjacent to an activating group) is 1. The third kappa shape index (κ3) is 2.47. The largest absolute Gasteiger partial charge is 0.389 e. The number of nitrogens with two attached hydrogens (primary N) is 1. The molecular weight excluding hydrogens is 228 g/mol. The van der Waals surface area contributed by atoms with E-state index >= 15 is 0 Å². The number of aliphatic hydroxyl groups is 1. The van der Waals surface area contributed by atoms with Gasteiger partial charge in [0.2, 0.25) is 0 Å². The predicted molar refractivity (Wildman–Crippen MR) is 72.7 cm³/mol. The molecule has 2 rings (SSSR count). The molecule has 0 aliphatic rings. The van der Waals surface area contributed by atoms with Gasteiger partial charge in [0.15, 0.2) is 5.82 Å². The van der Waals surface area contributed by atoms with Crippen LogP contribution in [0.25, 0.3) is 5.65 Å². The summed E-state index contributed by atoms with van der Waals surface area (Å²) in [5.41, 5.74) is 6.87. The van der Waals surface area contributed by atoms with Gasteiger partial charge in [-0.2, -0.15) is 0 Å². The van der Waals surface area contributed by atoms with E-state index in [0.29, 0.717) is 13.1 Å². The molecule has 98 valence electrons. The second-order valence-corrected chi connectivity index (χ2v) is 5.18. The molecule has 0 aromatic carbocycles. The van der Waals surface area contributed by atoms with E-state index in [1.165, 1.54) is 0 Å². The van der Waals surface area contributed by atoms with E-state index in [9.17, 15) is 5.11 Å². The van der Waals surface area contributed by atoms with Gasteiger partial charge in [0.05, 0.1) is 11.3 Å². The minimum atomic E-state index is -0.767. The first-order valence-electron chi connectivity index (χ1n) is 6.02. The molecule has 0 amide bonds. The number of hydrogen-bond acceptors (Lipinski definition) is 4. The lowest BCUT2D eigenvalue weighted by Gasteiger charge is -2.26. The minimum absolute atomic E-state index is 0.413. The van der Waals surface area contributed by atoms with Crippen molar-refractivity contribution >= 4 is 11.5 Å². The first-order valence-corrected chi connectivity index (χ1v) is 6.02. The Hall–Kier alpha value is -1.59. The van der Waals surface area contributed by atoms with Crippen LogP contribution in [0.4, 0.5) is 5.82 Å². The van der Waals surface area contributed by atoms with Crippen LogP contribution in [-0.2, 0) is 6.54 Å². The molecule has 0 fully saturated rings. The molecule has 0 saturated heterocycles. The van der Waals surface area contributed by atoms with Crippen molar-refractivity contribution in [2.75, 3.05) is 18.5 Å². The second-order valence-electron chi connectivity index (χ2n) is 5.18. The van der Waals surface area contributed by atoms with Crippen molar-refractivity contribution < 1.29 is 5.11 Å². The lowest BCUT2D eigenvalue weighted by Crippen LogP contribution is -2.37. The summed E-state index contributed by atoms with van der Waals surface area (Å²) in [6, 6.07) is 5.84. The van der Waals surface area contributed by atoms with Crippen molar-refractivity contribution in [1.82, 2.24) is 9.38 Å². The Bertz CT molecular complexity index is 541. The van der Waals surface area contributed by atoms with Crippen LogP contribution >= 0.6 is 0 Å². The maximum atomic E-state index is 9.88. The number of pyridine rings is 1. The van der Waals surface area contributed by atoms with E-state index in [4.69, 9.17) is 5.73 Å². The van der Waals surface area contributed by atoms with Crippen LogP contribution in [0.3, 0.4) is 0 Å². The van der Waals surface area contributed by atoms with E-state index in [1.807, 2.05) is 40.7 Å². The Morgan fingerprint density at radius 2 is 2.17 bits per heavy atom. The maximum absolute atomic E-state index is 9.88. The van der Waals surface area contributed by atoms with Crippen LogP contribution in [0.1, 0.15) is 19.5 Å². The molecule has 0 aliphatic carbocycles. The molecule has 0 spiro atoms. The molecule has 0 unspecified atom stereocenters. The highest BCUT2D eigenvalue weighted by atomic mass is 16.3. The minimum Gasteiger partial charge on any atom is -0.389 e. The van der Waals surface area contributed by atoms with Crippen LogP contribution in [0.5, 0.6) is 0 Å². The lowest BCUT2D eigenvalue weighted by molar-refractivity contribution is 0.0884. The zero-order valence-electron chi connectivity index (χ0n) is 11.1. The summed E-state index contributed by atoms with van der Waals surface area (Å²) < 4.78 is 1.98. The summed E-state index contributed by atoms with van der Waals surface area (Å²) in [6.07, 6.45) is 1.95. The highest BCUT2D eigenvalue weighted by Crippen LogP contribution is 2.21. The van der Waals surface area contributed by atoms with Crippen molar-refractivity contribution in [2.45, 2.75) is 26.0 Å². The molecule has 3 N–H and O–H groups in total. The summed E-state index contributed by atoms with van der Waals surface area (Å²) in [4.78, 5) is 6.51. The standard InChI is InChI=1S/C13H20N4O/c1-13(2,18)9-16(3)12-10(8-14)17-7-5-4-6-11(17)15-12/h4-7,18H,8-9,14H2,1-3H3. The fourth-order valence-electron chi connectivity index (χ4n) is 2.18. The van der Waals surface area contributed by atoms with E-state index in [1.54, 1.807) is 13.8 Å². The molecule has 5 heteroatoms. The quantitative estimate of drug-likeness (QED) is 0.847. The first-order chi connectivity index (χ1) is 8.42. The number of hydrogen-bond donors (Lipinski definition) is 2. The smallest absolute Gasteiger partial charge is 0.152 e. The topological polar surface area (TPSA) is 66.8 Å². The Kier molecular flexibility index (Phi) is 3.28. The fourth-order valence-corrected chi connectivity index (χ4v) is 2.18. The molecule has 0 radical (unpaired) electrons. The maximum Gasteiger partial charge on any atom is 0.152 e. The van der Waals surface area contributed by atoms with Gasteiger partial charge >= 0.3 is 0 Å². The molecule has 18 heavy (non-hydrogen) atoms. The van der Waals surface area contributed by atoms with Gasteiger partial charge in [-0.3, -0.25) is 0 Å². The summed E-state index contributed by atoms with van der Waals surface area (Å²) >= 11 is 0. The summed E-state index contributed by atoms with van der Waals surface area (Å²) in [7, 11) is 1.92. The molecule has 2 heterocycles. The second kappa shape index (κ2) is 4.59. The third-order valence-electron chi connectivity index (χ3n) is 2.79. The third-order valence-corrected chi connectivity index (χ3v) is 2.79. The van der Waals surface area contributed by atoms with Crippen molar-refractivity contribution in [3.63, 3.8) is 0 Å². The molecular formula is C13H20N4O. The summed E-state index contributed by atoms with van der Waals surface area (Å²) in [6.45, 7) is 4.48. The zero-order chi connectivity index (χ0) is 13.3. The van der Waals surface area contributed by atoms with E-state index in [0.717, 1.165) is 17.2 Å². The Morgan fingerprint density at radius 3 is 2.78 bits per heavy atom. The number of imidazole rings is 1. The van der Waals surface area contributed by atoms with E-state index in [2.05, 4.69) is 4.98 Å². The number of aromatic nitrogens is 2. The number of anilines is 1. The van der Waals surface area contributed by atoms with Gasteiger partial charge < -0.3 is 20.1 Å². The highest BCUT2D eigenvalue weighted by Gasteiger charge is 2.20. The van der Waals surface area contributed by atoms with Crippen molar-refractivity contribution in [3.8, 4) is 0 Å². The summed E-state index contributed by atoms with van der Waals surface area (Å²) in [5.74, 6) is 0.825. The van der Waals surface area contributed by atoms with Crippen molar-refractivity contribution in [2.24, 2.45) is 5.73 Å². The number of nitrogens with zero attached hydrogens (tertiary/aromatic N) is 3. The molecule has 0 atom stereocenters. The van der Waals surface area contributed by atoms with Crippen LogP contribution in [0.15, 0.2) is 24.4 Å². The van der Waals surface area contributed by atoms with Gasteiger partial charge in [-0.1, -0.05) is 6.07 Å². The normalized spacial score (nSPS) is 12.1. The molecule has 2 aromatic rings. The Labute approximate surface area is 107 Å². The van der Waals surface area contributed by atoms with E-state index in [-0.39, 0.29) is 0 Å². The zero-order valence-corrected chi connectivity index (χ0v) is 11.1. The summed E-state index contributed by atoms with van der Waals surface area (Å²) in [5, 5.41) is 9.88. The first kappa shape index (κ1) is 12.9. The van der Waals surface area contributed by atoms with Crippen LogP contribution in [-0.4, -0.2) is 33.7 Å². The van der Waals surface area contributed by atoms with Crippen LogP contribution < -0.4 is 10.6 Å². The SMILES string of the molecule is CN(CC(C)(C)O)c1nc2ccccn2c1CN. The van der Waals surface area contributed by atoms with Gasteiger partial charge in [0, 0.05) is 26.3 Å². The van der Waals surface area contributed by atoms with Gasteiger partial charge in [-0.05, 0) is 26.0 Å². The van der Waals surface area contributed by atoms with Gasteiger partial charge in [0.1, 0.15) is 5.65 Å². The average Bonchev–Trinajstić information content (AvgIpc) is 2.65. The Morgan fingerprint density at radius 1 is 1.44 bits per heavy atom. The average molecular weight is 248 g/mol. The van der Waals surface area contributed by atoms with Gasteiger partial charge in [0.25, 0.3) is 0 Å². The van der Waals surface area contributed by atoms with Crippen molar-refractivity contribution in [1.29, 1.82) is 0 Å². The number of rotatable bonds is 4. The monoisotopic (exact) mass is 248 g/mol. The Balaban J connectivity index is 2.44. The molecule has 0 bridgehead atoms. The molecule has 0 saturated carbocycles. The number of fused-ring (bicyclic) bond motifs is 1. The molecule has 2 aromatic heterocycles.